The number of rotatable bonds is 3. The van der Waals surface area contributed by atoms with Gasteiger partial charge in [-0.25, -0.2) is 4.79 Å². The summed E-state index contributed by atoms with van der Waals surface area (Å²) >= 11 is 0. The van der Waals surface area contributed by atoms with Gasteiger partial charge in [0, 0.05) is 11.0 Å². The van der Waals surface area contributed by atoms with Crippen molar-refractivity contribution in [3.05, 3.63) is 23.1 Å². The van der Waals surface area contributed by atoms with E-state index in [0.717, 1.165) is 6.08 Å². The summed E-state index contributed by atoms with van der Waals surface area (Å²) in [5.41, 5.74) is 7.69. The highest BCUT2D eigenvalue weighted by Crippen LogP contribution is 1.79. The first kappa shape index (κ1) is 7.52. The Morgan fingerprint density at radius 1 is 2.00 bits per heavy atom. The fourth-order valence-corrected chi connectivity index (χ4v) is 0.177. The molecule has 9 heavy (non-hydrogen) atoms. The second kappa shape index (κ2) is 4.67. The van der Waals surface area contributed by atoms with Crippen LogP contribution in [0.4, 0.5) is 0 Å². The minimum atomic E-state index is -0.595. The summed E-state index contributed by atoms with van der Waals surface area (Å²) in [5.74, 6) is -0.595. The van der Waals surface area contributed by atoms with Crippen molar-refractivity contribution in [2.75, 3.05) is 6.73 Å². The van der Waals surface area contributed by atoms with Crippen LogP contribution in [-0.2, 0) is 9.53 Å². The second-order valence-electron chi connectivity index (χ2n) is 1.03. The third-order valence-corrected chi connectivity index (χ3v) is 0.494. The van der Waals surface area contributed by atoms with Gasteiger partial charge in [0.2, 0.25) is 0 Å². The Hall–Kier alpha value is -1.48. The molecule has 0 spiro atoms. The quantitative estimate of drug-likeness (QED) is 0.186. The van der Waals surface area contributed by atoms with Gasteiger partial charge in [0.05, 0.1) is 0 Å². The predicted molar refractivity (Wildman–Crippen MR) is 30.3 cm³/mol. The van der Waals surface area contributed by atoms with Gasteiger partial charge >= 0.3 is 5.97 Å². The number of esters is 1. The van der Waals surface area contributed by atoms with Crippen molar-refractivity contribution in [3.63, 3.8) is 0 Å². The van der Waals surface area contributed by atoms with Crippen LogP contribution in [0.15, 0.2) is 17.8 Å². The van der Waals surface area contributed by atoms with Gasteiger partial charge in [-0.3, -0.25) is 0 Å². The van der Waals surface area contributed by atoms with Gasteiger partial charge in [-0.05, 0) is 5.53 Å². The molecule has 48 valence electrons. The van der Waals surface area contributed by atoms with E-state index in [9.17, 15) is 4.79 Å². The van der Waals surface area contributed by atoms with Crippen LogP contribution in [-0.4, -0.2) is 12.7 Å². The molecule has 0 saturated heterocycles. The van der Waals surface area contributed by atoms with E-state index in [1.165, 1.54) is 0 Å². The molecule has 0 aromatic heterocycles. The van der Waals surface area contributed by atoms with Crippen LogP contribution >= 0.6 is 0 Å². The smallest absolute Gasteiger partial charge is 0.330 e. The van der Waals surface area contributed by atoms with Crippen LogP contribution < -0.4 is 0 Å². The zero-order valence-corrected chi connectivity index (χ0v) is 4.65. The van der Waals surface area contributed by atoms with Crippen LogP contribution in [0.2, 0.25) is 0 Å². The Bertz CT molecular complexity index is 159. The molecule has 0 unspecified atom stereocenters. The molecule has 0 bridgehead atoms. The normalized spacial score (nSPS) is 7.11. The predicted octanol–water partition coefficient (Wildman–Crippen LogP) is 0.983. The summed E-state index contributed by atoms with van der Waals surface area (Å²) < 4.78 is 4.25. The maximum atomic E-state index is 10.2. The van der Waals surface area contributed by atoms with Gasteiger partial charge in [-0.1, -0.05) is 11.7 Å². The molecule has 5 nitrogen and oxygen atoms in total. The molecule has 0 N–H and O–H groups in total. The van der Waals surface area contributed by atoms with E-state index in [2.05, 4.69) is 21.3 Å². The van der Waals surface area contributed by atoms with Crippen molar-refractivity contribution in [2.45, 2.75) is 0 Å². The summed E-state index contributed by atoms with van der Waals surface area (Å²) in [6.07, 6.45) is 0.993. The molecule has 5 heteroatoms. The Morgan fingerprint density at radius 2 is 2.67 bits per heavy atom. The van der Waals surface area contributed by atoms with Gasteiger partial charge in [-0.2, -0.15) is 0 Å². The zero-order valence-electron chi connectivity index (χ0n) is 4.65. The van der Waals surface area contributed by atoms with Crippen LogP contribution in [0.1, 0.15) is 0 Å². The molecule has 0 amide bonds. The van der Waals surface area contributed by atoms with Crippen molar-refractivity contribution < 1.29 is 9.53 Å². The van der Waals surface area contributed by atoms with Gasteiger partial charge < -0.3 is 4.74 Å². The van der Waals surface area contributed by atoms with E-state index in [0.29, 0.717) is 0 Å². The topological polar surface area (TPSA) is 75.1 Å². The summed E-state index contributed by atoms with van der Waals surface area (Å²) in [6, 6.07) is 0. The maximum absolute atomic E-state index is 10.2. The van der Waals surface area contributed by atoms with Gasteiger partial charge in [0.15, 0.2) is 6.73 Å². The molecular formula is C4H5N3O2. The summed E-state index contributed by atoms with van der Waals surface area (Å²) in [6.45, 7) is 2.85. The average molecular weight is 127 g/mol. The third kappa shape index (κ3) is 4.37. The molecule has 0 rings (SSSR count). The van der Waals surface area contributed by atoms with E-state index < -0.39 is 5.97 Å². The van der Waals surface area contributed by atoms with Crippen LogP contribution in [0, 0.1) is 0 Å². The SMILES string of the molecule is C=CC(=O)OCN=[N+]=[N-]. The Balaban J connectivity index is 3.38. The largest absolute Gasteiger partial charge is 0.456 e. The number of nitrogens with zero attached hydrogens (tertiary/aromatic N) is 3. The van der Waals surface area contributed by atoms with Crippen molar-refractivity contribution >= 4 is 5.97 Å². The number of azide groups is 1. The van der Waals surface area contributed by atoms with E-state index >= 15 is 0 Å². The highest BCUT2D eigenvalue weighted by atomic mass is 16.5. The van der Waals surface area contributed by atoms with Crippen LogP contribution in [0.5, 0.6) is 0 Å². The van der Waals surface area contributed by atoms with Gasteiger partial charge in [0.1, 0.15) is 0 Å². The summed E-state index contributed by atoms with van der Waals surface area (Å²) in [7, 11) is 0. The lowest BCUT2D eigenvalue weighted by Gasteiger charge is -1.91. The van der Waals surface area contributed by atoms with Crippen molar-refractivity contribution in [3.8, 4) is 0 Å². The monoisotopic (exact) mass is 127 g/mol. The highest BCUT2D eigenvalue weighted by molar-refractivity contribution is 5.81. The minimum absolute atomic E-state index is 0.276. The fourth-order valence-electron chi connectivity index (χ4n) is 0.177. The Labute approximate surface area is 51.6 Å². The lowest BCUT2D eigenvalue weighted by molar-refractivity contribution is -0.137. The Kier molecular flexibility index (Phi) is 3.90. The lowest BCUT2D eigenvalue weighted by Crippen LogP contribution is -1.98. The third-order valence-electron chi connectivity index (χ3n) is 0.494. The molecule has 0 radical (unpaired) electrons. The first-order valence-corrected chi connectivity index (χ1v) is 2.11. The highest BCUT2D eigenvalue weighted by Gasteiger charge is 1.89. The molecule has 0 aliphatic carbocycles. The van der Waals surface area contributed by atoms with Gasteiger partial charge in [-0.15, -0.1) is 0 Å². The van der Waals surface area contributed by atoms with E-state index in [-0.39, 0.29) is 6.73 Å². The minimum Gasteiger partial charge on any atom is -0.456 e. The first-order chi connectivity index (χ1) is 4.31. The van der Waals surface area contributed by atoms with Gasteiger partial charge in [0.25, 0.3) is 0 Å². The zero-order chi connectivity index (χ0) is 7.11. The number of hydrogen-bond donors (Lipinski definition) is 0. The lowest BCUT2D eigenvalue weighted by atomic mass is 10.7. The molecule has 0 atom stereocenters. The van der Waals surface area contributed by atoms with E-state index in [1.54, 1.807) is 0 Å². The maximum Gasteiger partial charge on any atom is 0.330 e. The standard InChI is InChI=1S/C4H5N3O2/c1-2-4(8)9-3-6-7-5/h2H,1,3H2. The van der Waals surface area contributed by atoms with Crippen LogP contribution in [0.3, 0.4) is 0 Å². The fraction of sp³-hybridized carbons (Fsp3) is 0.250. The average Bonchev–Trinajstić information content (AvgIpc) is 1.89. The van der Waals surface area contributed by atoms with E-state index in [4.69, 9.17) is 5.53 Å². The summed E-state index contributed by atoms with van der Waals surface area (Å²) in [4.78, 5) is 12.5. The van der Waals surface area contributed by atoms with Crippen LogP contribution in [0.25, 0.3) is 10.4 Å². The molecule has 0 aromatic rings. The number of hydrogen-bond acceptors (Lipinski definition) is 3. The molecule has 0 aliphatic rings. The number of carbonyl (C=O) groups is 1. The Morgan fingerprint density at radius 3 is 3.11 bits per heavy atom. The number of ether oxygens (including phenoxy) is 1. The number of carbonyl (C=O) groups excluding carboxylic acids is 1. The molecular weight excluding hydrogens is 122 g/mol. The van der Waals surface area contributed by atoms with Crippen molar-refractivity contribution in [1.82, 2.24) is 0 Å². The van der Waals surface area contributed by atoms with E-state index in [1.807, 2.05) is 0 Å². The molecule has 0 heterocycles. The molecule has 0 saturated carbocycles. The summed E-state index contributed by atoms with van der Waals surface area (Å²) in [5, 5.41) is 2.95. The first-order valence-electron chi connectivity index (χ1n) is 2.11. The van der Waals surface area contributed by atoms with Crippen molar-refractivity contribution in [2.24, 2.45) is 5.11 Å². The second-order valence-corrected chi connectivity index (χ2v) is 1.03. The molecule has 0 aromatic carbocycles. The molecule has 0 aliphatic heterocycles. The molecule has 0 fully saturated rings. The van der Waals surface area contributed by atoms with Crippen molar-refractivity contribution in [1.29, 1.82) is 0 Å².